The molecule has 28 heavy (non-hydrogen) atoms. The van der Waals surface area contributed by atoms with Crippen molar-refractivity contribution in [2.24, 2.45) is 0 Å². The monoisotopic (exact) mass is 394 g/mol. The molecule has 0 unspecified atom stereocenters. The van der Waals surface area contributed by atoms with Crippen molar-refractivity contribution in [2.45, 2.75) is 24.3 Å². The van der Waals surface area contributed by atoms with Crippen molar-refractivity contribution in [1.82, 2.24) is 4.72 Å². The second-order valence-electron chi connectivity index (χ2n) is 6.53. The number of amides is 1. The SMILES string of the molecule is Cc1ccc(NC(=O)[C@H](Cc2ccccc2)NS(=O)(=O)c2ccccc2)cc1. The molecule has 3 aromatic carbocycles. The third-order valence-corrected chi connectivity index (χ3v) is 5.76. The molecule has 0 saturated carbocycles. The van der Waals surface area contributed by atoms with Crippen molar-refractivity contribution >= 4 is 21.6 Å². The normalized spacial score (nSPS) is 12.3. The number of anilines is 1. The van der Waals surface area contributed by atoms with Crippen LogP contribution >= 0.6 is 0 Å². The molecule has 6 heteroatoms. The third kappa shape index (κ3) is 5.28. The van der Waals surface area contributed by atoms with E-state index in [4.69, 9.17) is 0 Å². The Morgan fingerprint density at radius 3 is 2.04 bits per heavy atom. The highest BCUT2D eigenvalue weighted by Gasteiger charge is 2.26. The molecule has 0 aliphatic rings. The summed E-state index contributed by atoms with van der Waals surface area (Å²) >= 11 is 0. The summed E-state index contributed by atoms with van der Waals surface area (Å²) in [5, 5.41) is 2.80. The Balaban J connectivity index is 1.84. The summed E-state index contributed by atoms with van der Waals surface area (Å²) in [5.74, 6) is -0.410. The van der Waals surface area contributed by atoms with Crippen molar-refractivity contribution in [3.63, 3.8) is 0 Å². The molecule has 1 amide bonds. The first-order chi connectivity index (χ1) is 13.4. The molecule has 2 N–H and O–H groups in total. The summed E-state index contributed by atoms with van der Waals surface area (Å²) < 4.78 is 28.0. The fourth-order valence-corrected chi connectivity index (χ4v) is 3.98. The molecule has 3 aromatic rings. The lowest BCUT2D eigenvalue weighted by atomic mass is 10.1. The van der Waals surface area contributed by atoms with Gasteiger partial charge in [-0.3, -0.25) is 4.79 Å². The number of hydrogen-bond donors (Lipinski definition) is 2. The molecule has 0 spiro atoms. The molecule has 0 fully saturated rings. The van der Waals surface area contributed by atoms with E-state index in [1.165, 1.54) is 12.1 Å². The molecule has 1 atom stereocenters. The molecule has 3 rings (SSSR count). The van der Waals surface area contributed by atoms with Crippen LogP contribution in [0, 0.1) is 6.92 Å². The van der Waals surface area contributed by atoms with Gasteiger partial charge in [-0.15, -0.1) is 0 Å². The van der Waals surface area contributed by atoms with Crippen LogP contribution in [0.25, 0.3) is 0 Å². The first-order valence-electron chi connectivity index (χ1n) is 8.93. The number of sulfonamides is 1. The highest BCUT2D eigenvalue weighted by Crippen LogP contribution is 2.14. The van der Waals surface area contributed by atoms with Crippen LogP contribution in [0.3, 0.4) is 0 Å². The van der Waals surface area contributed by atoms with Crippen LogP contribution in [0.2, 0.25) is 0 Å². The van der Waals surface area contributed by atoms with E-state index in [0.717, 1.165) is 11.1 Å². The molecule has 144 valence electrons. The average Bonchev–Trinajstić information content (AvgIpc) is 2.70. The van der Waals surface area contributed by atoms with Crippen LogP contribution in [0.4, 0.5) is 5.69 Å². The summed E-state index contributed by atoms with van der Waals surface area (Å²) in [5.41, 5.74) is 2.55. The summed E-state index contributed by atoms with van der Waals surface area (Å²) in [6.07, 6.45) is 0.241. The number of carbonyl (C=O) groups excluding carboxylic acids is 1. The molecular weight excluding hydrogens is 372 g/mol. The summed E-state index contributed by atoms with van der Waals surface area (Å²) in [6, 6.07) is 23.7. The number of nitrogens with one attached hydrogen (secondary N) is 2. The van der Waals surface area contributed by atoms with Crippen LogP contribution in [0.1, 0.15) is 11.1 Å². The Hall–Kier alpha value is -2.96. The largest absolute Gasteiger partial charge is 0.325 e. The maximum Gasteiger partial charge on any atom is 0.242 e. The lowest BCUT2D eigenvalue weighted by Crippen LogP contribution is -2.45. The van der Waals surface area contributed by atoms with Crippen LogP contribution in [0.15, 0.2) is 89.8 Å². The van der Waals surface area contributed by atoms with Crippen LogP contribution in [-0.2, 0) is 21.2 Å². The fourth-order valence-electron chi connectivity index (χ4n) is 2.76. The van der Waals surface area contributed by atoms with E-state index in [0.29, 0.717) is 5.69 Å². The van der Waals surface area contributed by atoms with E-state index in [-0.39, 0.29) is 11.3 Å². The number of benzene rings is 3. The van der Waals surface area contributed by atoms with Crippen molar-refractivity contribution in [3.8, 4) is 0 Å². The molecule has 0 heterocycles. The maximum absolute atomic E-state index is 12.9. The van der Waals surface area contributed by atoms with E-state index in [1.807, 2.05) is 49.4 Å². The van der Waals surface area contributed by atoms with E-state index in [9.17, 15) is 13.2 Å². The minimum Gasteiger partial charge on any atom is -0.325 e. The Kier molecular flexibility index (Phi) is 6.23. The Morgan fingerprint density at radius 2 is 1.43 bits per heavy atom. The third-order valence-electron chi connectivity index (χ3n) is 4.27. The zero-order valence-corrected chi connectivity index (χ0v) is 16.3. The topological polar surface area (TPSA) is 75.3 Å². The van der Waals surface area contributed by atoms with Gasteiger partial charge in [0.25, 0.3) is 0 Å². The molecular formula is C22H22N2O3S. The van der Waals surface area contributed by atoms with Crippen LogP contribution in [-0.4, -0.2) is 20.4 Å². The van der Waals surface area contributed by atoms with Gasteiger partial charge in [-0.2, -0.15) is 4.72 Å². The molecule has 0 aliphatic carbocycles. The van der Waals surface area contributed by atoms with E-state index >= 15 is 0 Å². The highest BCUT2D eigenvalue weighted by atomic mass is 32.2. The van der Waals surface area contributed by atoms with Crippen molar-refractivity contribution < 1.29 is 13.2 Å². The quantitative estimate of drug-likeness (QED) is 0.644. The Morgan fingerprint density at radius 1 is 0.857 bits per heavy atom. The van der Waals surface area contributed by atoms with E-state index in [2.05, 4.69) is 10.0 Å². The number of rotatable bonds is 7. The summed E-state index contributed by atoms with van der Waals surface area (Å²) in [6.45, 7) is 1.96. The minimum absolute atomic E-state index is 0.121. The first-order valence-corrected chi connectivity index (χ1v) is 10.4. The van der Waals surface area contributed by atoms with Gasteiger partial charge in [0.15, 0.2) is 0 Å². The fraction of sp³-hybridized carbons (Fsp3) is 0.136. The zero-order valence-electron chi connectivity index (χ0n) is 15.5. The lowest BCUT2D eigenvalue weighted by Gasteiger charge is -2.19. The standard InChI is InChI=1S/C22H22N2O3S/c1-17-12-14-19(15-13-17)23-22(25)21(16-18-8-4-2-5-9-18)24-28(26,27)20-10-6-3-7-11-20/h2-15,21,24H,16H2,1H3,(H,23,25)/t21-/m0/s1. The lowest BCUT2D eigenvalue weighted by molar-refractivity contribution is -0.117. The van der Waals surface area contributed by atoms with Gasteiger partial charge in [-0.05, 0) is 43.2 Å². The van der Waals surface area contributed by atoms with Gasteiger partial charge in [0.05, 0.1) is 4.90 Å². The first kappa shape index (κ1) is 19.8. The van der Waals surface area contributed by atoms with Crippen LogP contribution in [0.5, 0.6) is 0 Å². The molecule has 0 bridgehead atoms. The number of aryl methyl sites for hydroxylation is 1. The smallest absolute Gasteiger partial charge is 0.242 e. The second-order valence-corrected chi connectivity index (χ2v) is 8.25. The van der Waals surface area contributed by atoms with Gasteiger partial charge in [0.1, 0.15) is 6.04 Å². The van der Waals surface area contributed by atoms with Crippen molar-refractivity contribution in [2.75, 3.05) is 5.32 Å². The number of carbonyl (C=O) groups is 1. The average molecular weight is 394 g/mol. The van der Waals surface area contributed by atoms with E-state index in [1.54, 1.807) is 30.3 Å². The summed E-state index contributed by atoms with van der Waals surface area (Å²) in [7, 11) is -3.83. The van der Waals surface area contributed by atoms with E-state index < -0.39 is 22.0 Å². The number of hydrogen-bond acceptors (Lipinski definition) is 3. The predicted octanol–water partition coefficient (Wildman–Crippen LogP) is 3.52. The maximum atomic E-state index is 12.9. The summed E-state index contributed by atoms with van der Waals surface area (Å²) in [4.78, 5) is 13.0. The molecule has 5 nitrogen and oxygen atoms in total. The zero-order chi connectivity index (χ0) is 20.0. The molecule has 0 radical (unpaired) electrons. The highest BCUT2D eigenvalue weighted by molar-refractivity contribution is 7.89. The van der Waals surface area contributed by atoms with Gasteiger partial charge >= 0.3 is 0 Å². The second kappa shape index (κ2) is 8.82. The van der Waals surface area contributed by atoms with Crippen LogP contribution < -0.4 is 10.0 Å². The van der Waals surface area contributed by atoms with Gasteiger partial charge < -0.3 is 5.32 Å². The minimum atomic E-state index is -3.83. The molecule has 0 aliphatic heterocycles. The Bertz CT molecular complexity index is 1020. The van der Waals surface area contributed by atoms with Crippen molar-refractivity contribution in [3.05, 3.63) is 96.1 Å². The molecule has 0 aromatic heterocycles. The molecule has 0 saturated heterocycles. The van der Waals surface area contributed by atoms with Crippen molar-refractivity contribution in [1.29, 1.82) is 0 Å². The Labute approximate surface area is 165 Å². The van der Waals surface area contributed by atoms with Gasteiger partial charge in [0.2, 0.25) is 15.9 Å². The predicted molar refractivity (Wildman–Crippen MR) is 111 cm³/mol. The van der Waals surface area contributed by atoms with Gasteiger partial charge in [0, 0.05) is 5.69 Å². The van der Waals surface area contributed by atoms with Gasteiger partial charge in [-0.25, -0.2) is 8.42 Å². The van der Waals surface area contributed by atoms with Gasteiger partial charge in [-0.1, -0.05) is 66.2 Å².